The van der Waals surface area contributed by atoms with Crippen molar-refractivity contribution in [2.75, 3.05) is 10.6 Å². The van der Waals surface area contributed by atoms with E-state index in [1.165, 1.54) is 11.1 Å². The van der Waals surface area contributed by atoms with E-state index in [4.69, 9.17) is 9.97 Å². The second-order valence-corrected chi connectivity index (χ2v) is 6.33. The zero-order valence-corrected chi connectivity index (χ0v) is 13.5. The number of nitrogens with one attached hydrogen (secondary N) is 2. The lowest BCUT2D eigenvalue weighted by Crippen LogP contribution is -2.07. The van der Waals surface area contributed by atoms with E-state index in [-0.39, 0.29) is 0 Å². The molecule has 2 N–H and O–H groups in total. The maximum absolute atomic E-state index is 4.74. The van der Waals surface area contributed by atoms with Gasteiger partial charge in [-0.15, -0.1) is 0 Å². The van der Waals surface area contributed by atoms with E-state index in [1.54, 1.807) is 0 Å². The number of hydrogen-bond donors (Lipinski definition) is 2. The normalized spacial score (nSPS) is 12.4. The summed E-state index contributed by atoms with van der Waals surface area (Å²) in [6.45, 7) is 4.26. The Morgan fingerprint density at radius 3 is 1.46 bits per heavy atom. The van der Waals surface area contributed by atoms with Crippen LogP contribution in [0.4, 0.5) is 22.7 Å². The molecule has 1 aliphatic heterocycles. The Balaban J connectivity index is 1.71. The van der Waals surface area contributed by atoms with E-state index in [2.05, 4.69) is 48.7 Å². The summed E-state index contributed by atoms with van der Waals surface area (Å²) in [5.74, 6) is 0. The number of anilines is 4. The molecule has 1 aromatic heterocycles. The van der Waals surface area contributed by atoms with Gasteiger partial charge in [0.05, 0.1) is 44.8 Å². The monoisotopic (exact) mass is 312 g/mol. The molecule has 0 bridgehead atoms. The van der Waals surface area contributed by atoms with E-state index >= 15 is 0 Å². The van der Waals surface area contributed by atoms with Gasteiger partial charge in [-0.2, -0.15) is 0 Å². The van der Waals surface area contributed by atoms with Gasteiger partial charge in [0.25, 0.3) is 0 Å². The molecule has 2 heterocycles. The molecule has 4 heteroatoms. The van der Waals surface area contributed by atoms with Crippen LogP contribution < -0.4 is 10.6 Å². The molecule has 0 spiro atoms. The van der Waals surface area contributed by atoms with Gasteiger partial charge >= 0.3 is 0 Å². The van der Waals surface area contributed by atoms with Crippen molar-refractivity contribution in [2.45, 2.75) is 13.8 Å². The Kier molecular flexibility index (Phi) is 2.59. The summed E-state index contributed by atoms with van der Waals surface area (Å²) in [7, 11) is 0. The minimum absolute atomic E-state index is 0.897. The summed E-state index contributed by atoms with van der Waals surface area (Å²) in [4.78, 5) is 9.49. The van der Waals surface area contributed by atoms with Gasteiger partial charge in [-0.3, -0.25) is 0 Å². The van der Waals surface area contributed by atoms with E-state index < -0.39 is 0 Å². The molecule has 5 rings (SSSR count). The van der Waals surface area contributed by atoms with Gasteiger partial charge in [0.2, 0.25) is 0 Å². The Labute approximate surface area is 139 Å². The third-order valence-corrected chi connectivity index (χ3v) is 4.65. The molecule has 0 atom stereocenters. The molecule has 24 heavy (non-hydrogen) atoms. The molecule has 0 saturated heterocycles. The molecule has 3 aromatic carbocycles. The van der Waals surface area contributed by atoms with Gasteiger partial charge in [-0.25, -0.2) is 9.97 Å². The molecular formula is C20H16N4. The fraction of sp³-hybridized carbons (Fsp3) is 0.100. The average molecular weight is 312 g/mol. The van der Waals surface area contributed by atoms with Gasteiger partial charge in [-0.05, 0) is 61.4 Å². The number of benzene rings is 3. The standard InChI is InChI=1S/C20H16N4/c1-11-7-15-16(8-12(11)2)24-20-10-18-17(9-19(20)23-15)21-13-5-3-4-6-14(13)22-18/h3-10,23-24H,1-2H3. The van der Waals surface area contributed by atoms with Crippen LogP contribution in [0, 0.1) is 13.8 Å². The number of aryl methyl sites for hydroxylation is 2. The van der Waals surface area contributed by atoms with Crippen LogP contribution in [-0.2, 0) is 0 Å². The van der Waals surface area contributed by atoms with Crippen LogP contribution in [0.5, 0.6) is 0 Å². The number of rotatable bonds is 0. The molecule has 0 amide bonds. The molecule has 1 aliphatic rings. The minimum atomic E-state index is 0.897. The number of para-hydroxylation sites is 2. The lowest BCUT2D eigenvalue weighted by molar-refractivity contribution is 1.32. The van der Waals surface area contributed by atoms with Gasteiger partial charge < -0.3 is 10.6 Å². The summed E-state index contributed by atoms with van der Waals surface area (Å²) in [6.07, 6.45) is 0. The fourth-order valence-corrected chi connectivity index (χ4v) is 3.19. The second-order valence-electron chi connectivity index (χ2n) is 6.33. The minimum Gasteiger partial charge on any atom is -0.352 e. The van der Waals surface area contributed by atoms with Crippen molar-refractivity contribution < 1.29 is 0 Å². The van der Waals surface area contributed by atoms with E-state index in [0.717, 1.165) is 44.8 Å². The lowest BCUT2D eigenvalue weighted by Gasteiger charge is -2.24. The second kappa shape index (κ2) is 4.68. The third kappa shape index (κ3) is 1.93. The Bertz CT molecular complexity index is 1040. The molecule has 0 radical (unpaired) electrons. The smallest absolute Gasteiger partial charge is 0.0916 e. The van der Waals surface area contributed by atoms with E-state index in [9.17, 15) is 0 Å². The van der Waals surface area contributed by atoms with Crippen molar-refractivity contribution >= 4 is 44.8 Å². The zero-order chi connectivity index (χ0) is 16.3. The number of nitrogens with zero attached hydrogens (tertiary/aromatic N) is 2. The van der Waals surface area contributed by atoms with Gasteiger partial charge in [0.1, 0.15) is 0 Å². The Morgan fingerprint density at radius 2 is 1.00 bits per heavy atom. The van der Waals surface area contributed by atoms with Crippen molar-refractivity contribution in [3.8, 4) is 0 Å². The van der Waals surface area contributed by atoms with Crippen molar-refractivity contribution in [2.24, 2.45) is 0 Å². The highest BCUT2D eigenvalue weighted by atomic mass is 15.0. The number of aromatic nitrogens is 2. The van der Waals surface area contributed by atoms with Gasteiger partial charge in [0, 0.05) is 0 Å². The highest BCUT2D eigenvalue weighted by molar-refractivity contribution is 5.98. The Hall–Kier alpha value is -3.14. The lowest BCUT2D eigenvalue weighted by atomic mass is 10.0. The van der Waals surface area contributed by atoms with Crippen molar-refractivity contribution in [3.05, 3.63) is 59.7 Å². The van der Waals surface area contributed by atoms with E-state index in [0.29, 0.717) is 0 Å². The van der Waals surface area contributed by atoms with Crippen LogP contribution in [0.2, 0.25) is 0 Å². The van der Waals surface area contributed by atoms with Crippen LogP contribution in [0.15, 0.2) is 48.5 Å². The summed E-state index contributed by atoms with van der Waals surface area (Å²) < 4.78 is 0. The van der Waals surface area contributed by atoms with Crippen LogP contribution >= 0.6 is 0 Å². The number of fused-ring (bicyclic) bond motifs is 4. The van der Waals surface area contributed by atoms with Gasteiger partial charge in [-0.1, -0.05) is 12.1 Å². The molecule has 0 saturated carbocycles. The first-order valence-corrected chi connectivity index (χ1v) is 8.03. The van der Waals surface area contributed by atoms with Crippen LogP contribution in [0.1, 0.15) is 11.1 Å². The maximum Gasteiger partial charge on any atom is 0.0916 e. The van der Waals surface area contributed by atoms with Crippen molar-refractivity contribution in [1.29, 1.82) is 0 Å². The first-order valence-electron chi connectivity index (χ1n) is 8.03. The molecule has 0 aliphatic carbocycles. The van der Waals surface area contributed by atoms with Crippen molar-refractivity contribution in [1.82, 2.24) is 9.97 Å². The highest BCUT2D eigenvalue weighted by Gasteiger charge is 2.17. The van der Waals surface area contributed by atoms with Gasteiger partial charge in [0.15, 0.2) is 0 Å². The first-order chi connectivity index (χ1) is 11.7. The topological polar surface area (TPSA) is 49.8 Å². The first kappa shape index (κ1) is 13.3. The quantitative estimate of drug-likeness (QED) is 0.386. The SMILES string of the molecule is Cc1cc2c(cc1C)Nc1cc3nc4ccccc4nc3cc1N2. The summed E-state index contributed by atoms with van der Waals surface area (Å²) >= 11 is 0. The highest BCUT2D eigenvalue weighted by Crippen LogP contribution is 2.41. The maximum atomic E-state index is 4.74. The zero-order valence-electron chi connectivity index (χ0n) is 13.5. The average Bonchev–Trinajstić information content (AvgIpc) is 2.58. The molecule has 0 unspecified atom stereocenters. The largest absolute Gasteiger partial charge is 0.352 e. The van der Waals surface area contributed by atoms with Crippen LogP contribution in [0.25, 0.3) is 22.1 Å². The molecule has 4 nitrogen and oxygen atoms in total. The summed E-state index contributed by atoms with van der Waals surface area (Å²) in [5.41, 5.74) is 10.4. The Morgan fingerprint density at radius 1 is 0.583 bits per heavy atom. The molecule has 4 aromatic rings. The van der Waals surface area contributed by atoms with Crippen molar-refractivity contribution in [3.63, 3.8) is 0 Å². The molecular weight excluding hydrogens is 296 g/mol. The fourth-order valence-electron chi connectivity index (χ4n) is 3.19. The number of hydrogen-bond acceptors (Lipinski definition) is 4. The van der Waals surface area contributed by atoms with Crippen LogP contribution in [-0.4, -0.2) is 9.97 Å². The predicted octanol–water partition coefficient (Wildman–Crippen LogP) is 5.20. The predicted molar refractivity (Wildman–Crippen MR) is 99.5 cm³/mol. The summed E-state index contributed by atoms with van der Waals surface area (Å²) in [5, 5.41) is 7.04. The van der Waals surface area contributed by atoms with E-state index in [1.807, 2.05) is 24.3 Å². The third-order valence-electron chi connectivity index (χ3n) is 4.65. The molecule has 116 valence electrons. The molecule has 0 fully saturated rings. The summed E-state index contributed by atoms with van der Waals surface area (Å²) in [6, 6.07) is 16.5. The van der Waals surface area contributed by atoms with Crippen LogP contribution in [0.3, 0.4) is 0 Å².